The topological polar surface area (TPSA) is 75.4 Å². The Morgan fingerprint density at radius 1 is 1.12 bits per heavy atom. The van der Waals surface area contributed by atoms with E-state index in [-0.39, 0.29) is 12.5 Å². The minimum absolute atomic E-state index is 0.330. The molecule has 1 aromatic carbocycles. The first-order valence-corrected chi connectivity index (χ1v) is 11.1. The van der Waals surface area contributed by atoms with Crippen LogP contribution in [0.4, 0.5) is 0 Å². The normalized spacial score (nSPS) is 11.3. The van der Waals surface area contributed by atoms with E-state index < -0.39 is 5.97 Å². The average Bonchev–Trinajstić information content (AvgIpc) is 3.42. The van der Waals surface area contributed by atoms with E-state index in [2.05, 4.69) is 4.98 Å². The summed E-state index contributed by atoms with van der Waals surface area (Å²) in [6.45, 7) is 0.00973. The summed E-state index contributed by atoms with van der Waals surface area (Å²) < 4.78 is 2.01. The van der Waals surface area contributed by atoms with Gasteiger partial charge in [0.05, 0.1) is 5.69 Å². The van der Waals surface area contributed by atoms with Crippen molar-refractivity contribution in [2.45, 2.75) is 6.42 Å². The molecule has 0 atom stereocenters. The highest BCUT2D eigenvalue weighted by atomic mass is 32.1. The van der Waals surface area contributed by atoms with Gasteiger partial charge in [0, 0.05) is 41.7 Å². The molecule has 162 valence electrons. The van der Waals surface area contributed by atoms with Crippen molar-refractivity contribution in [1.82, 2.24) is 14.5 Å². The van der Waals surface area contributed by atoms with Gasteiger partial charge in [-0.05, 0) is 41.6 Å². The lowest BCUT2D eigenvalue weighted by molar-refractivity contribution is -0.142. The number of carbonyl (C=O) groups is 2. The summed E-state index contributed by atoms with van der Waals surface area (Å²) >= 11 is 1.60. The van der Waals surface area contributed by atoms with Crippen LogP contribution in [0.2, 0.25) is 0 Å². The number of hydrogen-bond acceptors (Lipinski definition) is 4. The van der Waals surface area contributed by atoms with Crippen LogP contribution >= 0.6 is 11.3 Å². The second-order valence-electron chi connectivity index (χ2n) is 7.38. The van der Waals surface area contributed by atoms with Gasteiger partial charge in [-0.1, -0.05) is 36.4 Å². The highest BCUT2D eigenvalue weighted by Crippen LogP contribution is 2.33. The second-order valence-corrected chi connectivity index (χ2v) is 8.41. The zero-order valence-corrected chi connectivity index (χ0v) is 18.5. The van der Waals surface area contributed by atoms with E-state index in [1.807, 2.05) is 71.6 Å². The zero-order chi connectivity index (χ0) is 22.5. The van der Waals surface area contributed by atoms with Crippen LogP contribution in [0.25, 0.3) is 28.4 Å². The number of aliphatic carboxylic acids is 1. The molecular weight excluding hydrogens is 422 g/mol. The Bertz CT molecular complexity index is 1260. The second kappa shape index (κ2) is 9.62. The molecule has 1 amide bonds. The summed E-state index contributed by atoms with van der Waals surface area (Å²) in [5.74, 6) is -1.36. The molecule has 32 heavy (non-hydrogen) atoms. The first kappa shape index (κ1) is 21.5. The van der Waals surface area contributed by atoms with Crippen molar-refractivity contribution in [3.05, 3.63) is 82.7 Å². The van der Waals surface area contributed by atoms with Gasteiger partial charge in [0.25, 0.3) is 0 Å². The van der Waals surface area contributed by atoms with E-state index >= 15 is 0 Å². The van der Waals surface area contributed by atoms with Crippen molar-refractivity contribution >= 4 is 40.3 Å². The van der Waals surface area contributed by atoms with Gasteiger partial charge < -0.3 is 14.6 Å². The summed E-state index contributed by atoms with van der Waals surface area (Å²) in [5.41, 5.74) is 3.66. The predicted octanol–water partition coefficient (Wildman–Crippen LogP) is 4.47. The Balaban J connectivity index is 1.67. The predicted molar refractivity (Wildman–Crippen MR) is 127 cm³/mol. The molecule has 3 heterocycles. The molecule has 0 aliphatic rings. The molecule has 7 heteroatoms. The summed E-state index contributed by atoms with van der Waals surface area (Å²) in [5, 5.41) is 12.2. The maximum absolute atomic E-state index is 13.0. The van der Waals surface area contributed by atoms with Gasteiger partial charge in [-0.25, -0.2) is 4.98 Å². The molecule has 0 aliphatic carbocycles. The van der Waals surface area contributed by atoms with Crippen molar-refractivity contribution in [2.24, 2.45) is 7.05 Å². The number of hydrogen-bond donors (Lipinski definition) is 1. The Morgan fingerprint density at radius 3 is 2.66 bits per heavy atom. The molecule has 0 spiro atoms. The Kier molecular flexibility index (Phi) is 6.47. The van der Waals surface area contributed by atoms with Crippen molar-refractivity contribution in [3.63, 3.8) is 0 Å². The fraction of sp³-hybridized carbons (Fsp3) is 0.160. The van der Waals surface area contributed by atoms with Crippen LogP contribution in [-0.2, 0) is 23.1 Å². The number of nitrogens with zero attached hydrogens (tertiary/aromatic N) is 3. The molecule has 1 N–H and O–H groups in total. The summed E-state index contributed by atoms with van der Waals surface area (Å²) in [4.78, 5) is 31.3. The van der Waals surface area contributed by atoms with Gasteiger partial charge in [-0.3, -0.25) is 9.59 Å². The highest BCUT2D eigenvalue weighted by Gasteiger charge is 2.18. The Hall–Kier alpha value is -3.71. The van der Waals surface area contributed by atoms with Crippen LogP contribution < -0.4 is 0 Å². The van der Waals surface area contributed by atoms with Crippen molar-refractivity contribution in [2.75, 3.05) is 13.1 Å². The summed E-state index contributed by atoms with van der Waals surface area (Å²) in [6, 6.07) is 17.7. The maximum Gasteiger partial charge on any atom is 0.323 e. The number of pyridine rings is 1. The third-order valence-electron chi connectivity index (χ3n) is 5.27. The Morgan fingerprint density at radius 2 is 1.94 bits per heavy atom. The number of rotatable bonds is 8. The van der Waals surface area contributed by atoms with Crippen LogP contribution in [-0.4, -0.2) is 44.5 Å². The van der Waals surface area contributed by atoms with E-state index in [1.54, 1.807) is 23.6 Å². The lowest BCUT2D eigenvalue weighted by Crippen LogP contribution is -2.36. The van der Waals surface area contributed by atoms with Gasteiger partial charge in [0.1, 0.15) is 12.2 Å². The van der Waals surface area contributed by atoms with Gasteiger partial charge in [-0.15, -0.1) is 11.3 Å². The largest absolute Gasteiger partial charge is 0.480 e. The molecule has 0 aliphatic heterocycles. The molecule has 6 nitrogen and oxygen atoms in total. The molecular formula is C25H23N3O3S. The van der Waals surface area contributed by atoms with Crippen molar-refractivity contribution in [1.29, 1.82) is 0 Å². The lowest BCUT2D eigenvalue weighted by Gasteiger charge is -2.18. The van der Waals surface area contributed by atoms with Crippen LogP contribution in [0.1, 0.15) is 10.4 Å². The molecule has 4 rings (SSSR count). The minimum Gasteiger partial charge on any atom is -0.480 e. The first-order chi connectivity index (χ1) is 15.5. The van der Waals surface area contributed by atoms with Crippen LogP contribution in [0.3, 0.4) is 0 Å². The third-order valence-corrected chi connectivity index (χ3v) is 6.21. The van der Waals surface area contributed by atoms with E-state index in [4.69, 9.17) is 0 Å². The number of benzene rings is 1. The third kappa shape index (κ3) is 4.63. The van der Waals surface area contributed by atoms with Crippen molar-refractivity contribution in [3.8, 4) is 11.3 Å². The fourth-order valence-electron chi connectivity index (χ4n) is 3.79. The quantitative estimate of drug-likeness (QED) is 0.406. The molecule has 3 aromatic heterocycles. The zero-order valence-electron chi connectivity index (χ0n) is 17.6. The molecule has 4 aromatic rings. The molecule has 0 saturated heterocycles. The van der Waals surface area contributed by atoms with Gasteiger partial charge in [-0.2, -0.15) is 0 Å². The lowest BCUT2D eigenvalue weighted by atomic mass is 10.1. The highest BCUT2D eigenvalue weighted by molar-refractivity contribution is 7.09. The molecule has 0 fully saturated rings. The van der Waals surface area contributed by atoms with Gasteiger partial charge in [0.15, 0.2) is 0 Å². The van der Waals surface area contributed by atoms with E-state index in [0.717, 1.165) is 32.7 Å². The number of fused-ring (bicyclic) bond motifs is 1. The minimum atomic E-state index is -1.03. The van der Waals surface area contributed by atoms with Crippen LogP contribution in [0.5, 0.6) is 0 Å². The van der Waals surface area contributed by atoms with E-state index in [1.165, 1.54) is 11.0 Å². The fourth-order valence-corrected chi connectivity index (χ4v) is 4.49. The molecule has 0 unspecified atom stereocenters. The van der Waals surface area contributed by atoms with Gasteiger partial charge in [0.2, 0.25) is 5.91 Å². The number of carboxylic acids is 1. The number of aryl methyl sites for hydroxylation is 1. The van der Waals surface area contributed by atoms with E-state index in [9.17, 15) is 14.7 Å². The molecule has 0 bridgehead atoms. The van der Waals surface area contributed by atoms with Crippen LogP contribution in [0.15, 0.2) is 72.3 Å². The smallest absolute Gasteiger partial charge is 0.323 e. The monoisotopic (exact) mass is 445 g/mol. The Labute approximate surface area is 190 Å². The first-order valence-electron chi connectivity index (χ1n) is 10.2. The SMILES string of the molecule is Cn1c(-c2ccccc2)c(/C=C/C(=O)N(CCc2cccs2)CC(=O)O)c2cccnc21. The number of thiophene rings is 1. The molecule has 0 saturated carbocycles. The van der Waals surface area contributed by atoms with Crippen LogP contribution in [0, 0.1) is 0 Å². The van der Waals surface area contributed by atoms with Crippen molar-refractivity contribution < 1.29 is 14.7 Å². The number of carboxylic acid groups (broad SMARTS) is 1. The standard InChI is InChI=1S/C25H23N3O3S/c1-27-24(18-7-3-2-4-8-18)20(21-10-5-14-26-25(21)27)11-12-22(29)28(17-23(30)31)15-13-19-9-6-16-32-19/h2-12,14,16H,13,15,17H2,1H3,(H,30,31)/b12-11+. The summed E-state index contributed by atoms with van der Waals surface area (Å²) in [7, 11) is 1.95. The average molecular weight is 446 g/mol. The van der Waals surface area contributed by atoms with Gasteiger partial charge >= 0.3 is 5.97 Å². The maximum atomic E-state index is 13.0. The number of amides is 1. The number of carbonyl (C=O) groups excluding carboxylic acids is 1. The number of aromatic nitrogens is 2. The summed E-state index contributed by atoms with van der Waals surface area (Å²) in [6.07, 6.45) is 5.60. The van der Waals surface area contributed by atoms with E-state index in [0.29, 0.717) is 13.0 Å². The molecule has 0 radical (unpaired) electrons.